The molecule has 15 heavy (non-hydrogen) atoms. The third kappa shape index (κ3) is 1.49. The maximum atomic E-state index is 11.4. The largest absolute Gasteiger partial charge is 0.379 e. The number of nitrogens with zero attached hydrogens (tertiary/aromatic N) is 2. The topological polar surface area (TPSA) is 51.1 Å². The molecule has 5 heteroatoms. The fourth-order valence-corrected chi connectivity index (χ4v) is 1.54. The standard InChI is InChI=1S/C10H12N2O3/c1-4-12-6(2)5-8(15-12)9-7(3)11-14-10(9)13/h5H,4H2,1-3H3/b9-8+. The fraction of sp³-hybridized carbons (Fsp3) is 0.400. The average molecular weight is 208 g/mol. The van der Waals surface area contributed by atoms with Crippen LogP contribution in [0.4, 0.5) is 0 Å². The zero-order chi connectivity index (χ0) is 11.0. The van der Waals surface area contributed by atoms with Crippen LogP contribution in [0.2, 0.25) is 0 Å². The Morgan fingerprint density at radius 1 is 1.47 bits per heavy atom. The van der Waals surface area contributed by atoms with Gasteiger partial charge in [0.15, 0.2) is 5.76 Å². The van der Waals surface area contributed by atoms with E-state index in [0.717, 1.165) is 12.2 Å². The number of allylic oxidation sites excluding steroid dienone is 2. The van der Waals surface area contributed by atoms with E-state index in [2.05, 4.69) is 9.99 Å². The Balaban J connectivity index is 2.37. The van der Waals surface area contributed by atoms with E-state index in [-0.39, 0.29) is 0 Å². The van der Waals surface area contributed by atoms with Crippen molar-refractivity contribution in [3.05, 3.63) is 23.1 Å². The molecule has 0 spiro atoms. The Morgan fingerprint density at radius 2 is 2.20 bits per heavy atom. The van der Waals surface area contributed by atoms with Crippen LogP contribution >= 0.6 is 0 Å². The maximum Gasteiger partial charge on any atom is 0.371 e. The highest BCUT2D eigenvalue weighted by Crippen LogP contribution is 2.26. The van der Waals surface area contributed by atoms with Gasteiger partial charge in [0.2, 0.25) is 0 Å². The smallest absolute Gasteiger partial charge is 0.371 e. The lowest BCUT2D eigenvalue weighted by Gasteiger charge is -2.16. The normalized spacial score (nSPS) is 25.0. The van der Waals surface area contributed by atoms with Crippen LogP contribution in [0.25, 0.3) is 0 Å². The van der Waals surface area contributed by atoms with Gasteiger partial charge in [-0.2, -0.15) is 0 Å². The molecule has 0 aromatic rings. The number of oxime groups is 1. The van der Waals surface area contributed by atoms with E-state index in [4.69, 9.17) is 4.84 Å². The van der Waals surface area contributed by atoms with Crippen LogP contribution in [-0.4, -0.2) is 23.3 Å². The Hall–Kier alpha value is -1.78. The van der Waals surface area contributed by atoms with Gasteiger partial charge < -0.3 is 9.68 Å². The van der Waals surface area contributed by atoms with Gasteiger partial charge in [-0.05, 0) is 20.8 Å². The van der Waals surface area contributed by atoms with Gasteiger partial charge in [-0.25, -0.2) is 9.86 Å². The summed E-state index contributed by atoms with van der Waals surface area (Å²) >= 11 is 0. The van der Waals surface area contributed by atoms with Gasteiger partial charge in [0.05, 0.1) is 18.0 Å². The third-order valence-electron chi connectivity index (χ3n) is 2.31. The molecule has 80 valence electrons. The monoisotopic (exact) mass is 208 g/mol. The molecule has 0 amide bonds. The van der Waals surface area contributed by atoms with Crippen LogP contribution in [-0.2, 0) is 14.5 Å². The third-order valence-corrected chi connectivity index (χ3v) is 2.31. The molecule has 0 fully saturated rings. The molecule has 0 unspecified atom stereocenters. The van der Waals surface area contributed by atoms with Crippen molar-refractivity contribution in [2.24, 2.45) is 5.16 Å². The van der Waals surface area contributed by atoms with E-state index in [1.165, 1.54) is 0 Å². The predicted octanol–water partition coefficient (Wildman–Crippen LogP) is 1.34. The van der Waals surface area contributed by atoms with Crippen molar-refractivity contribution in [1.29, 1.82) is 0 Å². The minimum absolute atomic E-state index is 0.408. The van der Waals surface area contributed by atoms with E-state index in [1.807, 2.05) is 19.9 Å². The zero-order valence-electron chi connectivity index (χ0n) is 8.90. The summed E-state index contributed by atoms with van der Waals surface area (Å²) in [6.07, 6.45) is 1.81. The summed E-state index contributed by atoms with van der Waals surface area (Å²) in [5.41, 5.74) is 1.93. The van der Waals surface area contributed by atoms with Crippen LogP contribution in [0, 0.1) is 0 Å². The first-order valence-electron chi connectivity index (χ1n) is 4.78. The van der Waals surface area contributed by atoms with Gasteiger partial charge in [-0.3, -0.25) is 0 Å². The second kappa shape index (κ2) is 3.42. The van der Waals surface area contributed by atoms with Crippen LogP contribution in [0.5, 0.6) is 0 Å². The molecule has 2 heterocycles. The summed E-state index contributed by atoms with van der Waals surface area (Å²) in [4.78, 5) is 21.4. The Morgan fingerprint density at radius 3 is 2.67 bits per heavy atom. The molecule has 2 rings (SSSR count). The number of carbonyl (C=O) groups is 1. The lowest BCUT2D eigenvalue weighted by molar-refractivity contribution is -0.137. The van der Waals surface area contributed by atoms with E-state index >= 15 is 0 Å². The molecule has 0 atom stereocenters. The quantitative estimate of drug-likeness (QED) is 0.482. The highest BCUT2D eigenvalue weighted by atomic mass is 16.7. The van der Waals surface area contributed by atoms with Gasteiger partial charge in [0, 0.05) is 6.08 Å². The fourth-order valence-electron chi connectivity index (χ4n) is 1.54. The SMILES string of the molecule is CCN1O/C(=C2/C(=O)ON=C2C)C=C1C. The summed E-state index contributed by atoms with van der Waals surface area (Å²) in [5.74, 6) is 0.0580. The number of hydrogen-bond donors (Lipinski definition) is 0. The molecule has 0 aromatic carbocycles. The maximum absolute atomic E-state index is 11.4. The van der Waals surface area contributed by atoms with E-state index in [0.29, 0.717) is 17.0 Å². The molecule has 0 saturated carbocycles. The second-order valence-electron chi connectivity index (χ2n) is 3.37. The Bertz CT molecular complexity index is 407. The van der Waals surface area contributed by atoms with E-state index in [1.54, 1.807) is 12.0 Å². The molecule has 0 N–H and O–H groups in total. The minimum Gasteiger partial charge on any atom is -0.379 e. The summed E-state index contributed by atoms with van der Waals surface area (Å²) in [6, 6.07) is 0. The molecule has 0 aromatic heterocycles. The van der Waals surface area contributed by atoms with Gasteiger partial charge >= 0.3 is 5.97 Å². The molecule has 0 saturated heterocycles. The zero-order valence-corrected chi connectivity index (χ0v) is 8.90. The van der Waals surface area contributed by atoms with Crippen LogP contribution in [0.15, 0.2) is 28.3 Å². The predicted molar refractivity (Wildman–Crippen MR) is 53.4 cm³/mol. The van der Waals surface area contributed by atoms with Gasteiger partial charge in [0.1, 0.15) is 5.57 Å². The molecular formula is C10H12N2O3. The van der Waals surface area contributed by atoms with Crippen molar-refractivity contribution >= 4 is 11.7 Å². The summed E-state index contributed by atoms with van der Waals surface area (Å²) < 4.78 is 0. The van der Waals surface area contributed by atoms with Crippen LogP contribution < -0.4 is 0 Å². The lowest BCUT2D eigenvalue weighted by atomic mass is 10.1. The first-order chi connectivity index (χ1) is 7.13. The molecule has 2 aliphatic rings. The van der Waals surface area contributed by atoms with Gasteiger partial charge in [-0.15, -0.1) is 0 Å². The lowest BCUT2D eigenvalue weighted by Crippen LogP contribution is -2.17. The summed E-state index contributed by atoms with van der Waals surface area (Å²) in [6.45, 7) is 6.33. The molecular weight excluding hydrogens is 196 g/mol. The number of hydrogen-bond acceptors (Lipinski definition) is 5. The van der Waals surface area contributed by atoms with Crippen molar-refractivity contribution in [3.63, 3.8) is 0 Å². The number of hydroxylamine groups is 2. The summed E-state index contributed by atoms with van der Waals surface area (Å²) in [7, 11) is 0. The first kappa shape index (κ1) is 9.76. The Kier molecular flexibility index (Phi) is 2.22. The van der Waals surface area contributed by atoms with Crippen molar-refractivity contribution in [3.8, 4) is 0 Å². The van der Waals surface area contributed by atoms with Gasteiger partial charge in [0.25, 0.3) is 0 Å². The molecule has 0 aliphatic carbocycles. The van der Waals surface area contributed by atoms with E-state index < -0.39 is 5.97 Å². The molecule has 0 bridgehead atoms. The Labute approximate surface area is 87.6 Å². The van der Waals surface area contributed by atoms with Crippen molar-refractivity contribution in [2.45, 2.75) is 20.8 Å². The molecule has 2 aliphatic heterocycles. The number of carbonyl (C=O) groups excluding carboxylic acids is 1. The van der Waals surface area contributed by atoms with Crippen molar-refractivity contribution in [1.82, 2.24) is 5.06 Å². The second-order valence-corrected chi connectivity index (χ2v) is 3.37. The highest BCUT2D eigenvalue weighted by molar-refractivity contribution is 6.21. The average Bonchev–Trinajstić information content (AvgIpc) is 2.70. The van der Waals surface area contributed by atoms with Crippen molar-refractivity contribution < 1.29 is 14.5 Å². The highest BCUT2D eigenvalue weighted by Gasteiger charge is 2.30. The van der Waals surface area contributed by atoms with Crippen molar-refractivity contribution in [2.75, 3.05) is 6.54 Å². The van der Waals surface area contributed by atoms with E-state index in [9.17, 15) is 4.79 Å². The van der Waals surface area contributed by atoms with Crippen LogP contribution in [0.1, 0.15) is 20.8 Å². The first-order valence-corrected chi connectivity index (χ1v) is 4.78. The van der Waals surface area contributed by atoms with Crippen LogP contribution in [0.3, 0.4) is 0 Å². The molecule has 0 radical (unpaired) electrons. The van der Waals surface area contributed by atoms with Gasteiger partial charge in [-0.1, -0.05) is 5.16 Å². The minimum atomic E-state index is -0.454. The number of rotatable bonds is 1. The summed E-state index contributed by atoms with van der Waals surface area (Å²) in [5, 5.41) is 5.31. The molecule has 5 nitrogen and oxygen atoms in total.